The van der Waals surface area contributed by atoms with Crippen LogP contribution in [0.3, 0.4) is 0 Å². The summed E-state index contributed by atoms with van der Waals surface area (Å²) in [6.45, 7) is 39.0. The van der Waals surface area contributed by atoms with Crippen LogP contribution < -0.4 is 31.1 Å². The van der Waals surface area contributed by atoms with Crippen molar-refractivity contribution in [2.24, 2.45) is 7.05 Å². The molecule has 21 aromatic rings. The molecule has 12 aromatic carbocycles. The first kappa shape index (κ1) is 92.9. The van der Waals surface area contributed by atoms with Gasteiger partial charge in [-0.25, -0.2) is 42.4 Å². The van der Waals surface area contributed by atoms with Crippen LogP contribution in [0.2, 0.25) is 39.3 Å². The SMILES string of the molecule is CC(C)c1ccnc(-n2c3[c-]c([Si](C)(C)c4[c-]c(-n5[cH+]n(C(C)(C)C)c6ccccc65)ccc4)ccc3c3ccccc32)c1.CC(C)c1ccnc(-n2c3[c-]c([Si](C)(C)c4[c-]c(-n5[cH+]n(C(C)C)c6ccccc65)ccc4)ccc3c3ccccc32)c1.CC(C)c1ccnc(-n2c3[c-]c([Si](C)(C)c4[c-]c(-n5[cH+]n(C)c6ccccc65)ccc4)ccc3c3ccccc32)c1.[Pt].[Pt].[Pt]. The molecule has 0 fully saturated rings. The topological polar surface area (TPSA) is 83.0 Å². The third-order valence-corrected chi connectivity index (χ3v) is 36.1. The number of pyridine rings is 3. The zero-order valence-corrected chi connectivity index (χ0v) is 87.4. The van der Waals surface area contributed by atoms with E-state index in [0.717, 1.165) is 67.6 Å². The molecule has 0 aliphatic heterocycles. The van der Waals surface area contributed by atoms with E-state index in [1.807, 2.05) is 18.6 Å². The first-order valence-electron chi connectivity index (χ1n) is 45.0. The molecule has 0 aliphatic rings. The molecule has 0 amide bonds. The van der Waals surface area contributed by atoms with Crippen LogP contribution in [0.25, 0.3) is 133 Å². The number of benzene rings is 12. The Labute approximate surface area is 815 Å². The van der Waals surface area contributed by atoms with E-state index in [9.17, 15) is 0 Å². The molecule has 666 valence electrons. The molecule has 131 heavy (non-hydrogen) atoms. The number of nitrogens with zero attached hydrogens (tertiary/aromatic N) is 12. The fourth-order valence-corrected chi connectivity index (χ4v) is 25.1. The van der Waals surface area contributed by atoms with Crippen LogP contribution >= 0.6 is 0 Å². The minimum Gasteiger partial charge on any atom is -0.319 e. The van der Waals surface area contributed by atoms with Crippen molar-refractivity contribution in [1.29, 1.82) is 0 Å². The van der Waals surface area contributed by atoms with Crippen molar-refractivity contribution >= 4 is 154 Å². The smallest absolute Gasteiger partial charge is 0.188 e. The number of imidazole rings is 3. The largest absolute Gasteiger partial charge is 0.319 e. The average molecular weight is 2300 g/mol. The number of hydrogen-bond donors (Lipinski definition) is 0. The third kappa shape index (κ3) is 17.0. The van der Waals surface area contributed by atoms with Crippen LogP contribution in [0, 0.1) is 36.4 Å². The van der Waals surface area contributed by atoms with Gasteiger partial charge >= 0.3 is 0 Å². The Kier molecular flexibility index (Phi) is 26.2. The summed E-state index contributed by atoms with van der Waals surface area (Å²) in [7, 11) is -4.46. The minimum atomic E-state index is -2.20. The van der Waals surface area contributed by atoms with E-state index >= 15 is 0 Å². The Hall–Kier alpha value is -11.4. The molecule has 0 aliphatic carbocycles. The molecule has 0 unspecified atom stereocenters. The maximum atomic E-state index is 4.85. The molecule has 18 heteroatoms. The molecule has 0 saturated carbocycles. The molecule has 0 saturated heterocycles. The van der Waals surface area contributed by atoms with Crippen molar-refractivity contribution in [3.8, 4) is 34.5 Å². The van der Waals surface area contributed by atoms with Crippen molar-refractivity contribution in [2.75, 3.05) is 0 Å². The summed E-state index contributed by atoms with van der Waals surface area (Å²) in [6, 6.07) is 122. The number of aromatic nitrogens is 12. The zero-order chi connectivity index (χ0) is 89.0. The van der Waals surface area contributed by atoms with Gasteiger partial charge in [0.1, 0.15) is 17.5 Å². The molecule has 0 atom stereocenters. The van der Waals surface area contributed by atoms with E-state index in [-0.39, 0.29) is 68.7 Å². The first-order chi connectivity index (χ1) is 61.6. The molecule has 0 bridgehead atoms. The molecule has 0 N–H and O–H groups in total. The summed E-state index contributed by atoms with van der Waals surface area (Å²) in [4.78, 5) is 14.5. The summed E-state index contributed by atoms with van der Waals surface area (Å²) in [6.07, 6.45) is 12.4. The molecule has 21 rings (SSSR count). The Balaban J connectivity index is 0.000000142. The van der Waals surface area contributed by atoms with Gasteiger partial charge < -0.3 is 13.7 Å². The van der Waals surface area contributed by atoms with Gasteiger partial charge in [-0.05, 0) is 176 Å². The van der Waals surface area contributed by atoms with Gasteiger partial charge in [-0.3, -0.25) is 0 Å². The Bertz CT molecular complexity index is 7860. The number of para-hydroxylation sites is 9. The number of fused-ring (bicyclic) bond motifs is 12. The van der Waals surface area contributed by atoms with Crippen LogP contribution in [-0.2, 0) is 75.8 Å². The maximum Gasteiger partial charge on any atom is 0.188 e. The second-order valence-corrected chi connectivity index (χ2v) is 51.0. The van der Waals surface area contributed by atoms with Crippen molar-refractivity contribution in [3.05, 3.63) is 364 Å². The van der Waals surface area contributed by atoms with E-state index < -0.39 is 24.2 Å². The van der Waals surface area contributed by atoms with Gasteiger partial charge in [0.2, 0.25) is 0 Å². The first-order valence-corrected chi connectivity index (χ1v) is 54.0. The van der Waals surface area contributed by atoms with E-state index in [1.165, 1.54) is 113 Å². The predicted octanol–water partition coefficient (Wildman–Crippen LogP) is 24.1. The molecular weight excluding hydrogens is 2190 g/mol. The standard InChI is InChI=1S/C39H39N4Si.C38H37N4Si.C36H33N4Si.3Pt/c1-27(2)28-21-22-40-38(23-28)43-34-16-9-8-15-32(34)33-20-19-31(25-37(33)43)44(6,7)30-14-12-13-29(24-30)41-26-42(39(3,4)5)36-18-11-10-17-35(36)41;1-26(2)28-20-21-39-38(22-28)42-34-15-8-7-14-32(34)33-19-18-31(24-37(33)42)43(5,6)30-13-11-12-29(23-30)41-25-40(27(3)4)35-16-9-10-17-36(35)41;1-25(2)26-19-20-37-36(21-26)40-32-14-7-6-13-30(32)31-18-17-29(23-35(31)40)41(4,5)28-12-10-11-27(22-28)39-24-38(3)33-15-8-9-16-34(33)39;;;/h8-23,26-27H,1-7H3;7-22,25-27H,1-6H3;6-21,24-25H,1-5H3;;;/q3*-1;;;. The Morgan fingerprint density at radius 2 is 0.580 bits per heavy atom. The van der Waals surface area contributed by atoms with Gasteiger partial charge in [0.15, 0.2) is 52.1 Å². The summed E-state index contributed by atoms with van der Waals surface area (Å²) in [5, 5.41) is 14.8. The van der Waals surface area contributed by atoms with Gasteiger partial charge in [-0.1, -0.05) is 152 Å². The van der Waals surface area contributed by atoms with Crippen LogP contribution in [0.4, 0.5) is 0 Å². The molecule has 9 aromatic heterocycles. The molecule has 0 spiro atoms. The average Bonchev–Trinajstić information content (AvgIpc) is 1.59. The fourth-order valence-electron chi connectivity index (χ4n) is 18.6. The fraction of sp³-hybridized carbons (Fsp3) is 0.204. The monoisotopic (exact) mass is 2300 g/mol. The molecule has 9 heterocycles. The van der Waals surface area contributed by atoms with E-state index in [2.05, 4.69) is 492 Å². The van der Waals surface area contributed by atoms with Gasteiger partial charge in [0.05, 0.1) is 35.8 Å². The Morgan fingerprint density at radius 3 is 0.924 bits per heavy atom. The normalized spacial score (nSPS) is 12.1. The zero-order valence-electron chi connectivity index (χ0n) is 77.6. The summed E-state index contributed by atoms with van der Waals surface area (Å²) in [5.74, 6) is 4.10. The number of hydrogen-bond acceptors (Lipinski definition) is 3. The van der Waals surface area contributed by atoms with E-state index in [1.54, 1.807) is 0 Å². The summed E-state index contributed by atoms with van der Waals surface area (Å²) < 4.78 is 20.5. The van der Waals surface area contributed by atoms with Gasteiger partial charge in [-0.15, -0.1) is 52.6 Å². The van der Waals surface area contributed by atoms with Crippen LogP contribution in [0.5, 0.6) is 0 Å². The van der Waals surface area contributed by atoms with Crippen LogP contribution in [-0.4, -0.2) is 80.3 Å². The van der Waals surface area contributed by atoms with Gasteiger partial charge in [-0.2, -0.15) is 122 Å². The predicted molar refractivity (Wildman–Crippen MR) is 545 cm³/mol. The van der Waals surface area contributed by atoms with Crippen molar-refractivity contribution in [2.45, 2.75) is 145 Å². The van der Waals surface area contributed by atoms with Crippen LogP contribution in [0.1, 0.15) is 117 Å². The maximum absolute atomic E-state index is 4.85. The van der Waals surface area contributed by atoms with E-state index in [4.69, 9.17) is 15.0 Å². The minimum absolute atomic E-state index is 0. The van der Waals surface area contributed by atoms with Gasteiger partial charge in [0.25, 0.3) is 0 Å². The molecule has 12 nitrogen and oxygen atoms in total. The summed E-state index contributed by atoms with van der Waals surface area (Å²) in [5.41, 5.74) is 20.9. The molecular formula is C113H109N12Pt3Si3-3. The summed E-state index contributed by atoms with van der Waals surface area (Å²) >= 11 is 0. The number of aryl methyl sites for hydroxylation is 1. The van der Waals surface area contributed by atoms with Crippen molar-refractivity contribution < 1.29 is 63.2 Å². The Morgan fingerprint density at radius 1 is 0.290 bits per heavy atom. The quantitative estimate of drug-likeness (QED) is 0.0714. The second kappa shape index (κ2) is 37.0. The molecule has 0 radical (unpaired) electrons. The second-order valence-electron chi connectivity index (χ2n) is 38.1. The van der Waals surface area contributed by atoms with Gasteiger partial charge in [0, 0.05) is 159 Å². The van der Waals surface area contributed by atoms with Crippen molar-refractivity contribution in [1.82, 2.24) is 56.1 Å². The third-order valence-electron chi connectivity index (χ3n) is 26.3. The van der Waals surface area contributed by atoms with Crippen molar-refractivity contribution in [3.63, 3.8) is 0 Å². The van der Waals surface area contributed by atoms with E-state index in [0.29, 0.717) is 23.8 Å². The van der Waals surface area contributed by atoms with Crippen LogP contribution in [0.15, 0.2) is 311 Å². The number of rotatable bonds is 16.